The van der Waals surface area contributed by atoms with E-state index in [2.05, 4.69) is 15.9 Å². The number of Topliss-reactive ketones (excluding diaryl/α,β-unsaturated/α-hetero) is 1. The van der Waals surface area contributed by atoms with Crippen LogP contribution in [0.2, 0.25) is 5.02 Å². The fourth-order valence-electron chi connectivity index (χ4n) is 1.25. The Bertz CT molecular complexity index is 404. The molecule has 0 saturated heterocycles. The molecule has 0 atom stereocenters. The monoisotopic (exact) mass is 314 g/mol. The number of hydrogen-bond acceptors (Lipinski definition) is 1. The van der Waals surface area contributed by atoms with Crippen molar-refractivity contribution in [2.75, 3.05) is 5.33 Å². The van der Waals surface area contributed by atoms with Crippen LogP contribution in [0.3, 0.4) is 0 Å². The van der Waals surface area contributed by atoms with Crippen LogP contribution in [-0.2, 0) is 17.4 Å². The molecular formula is C10H7BrClF3O. The minimum atomic E-state index is -4.49. The SMILES string of the molecule is O=C(CBr)Cc1c(Cl)cccc1C(F)(F)F. The molecule has 0 heterocycles. The van der Waals surface area contributed by atoms with Crippen molar-refractivity contribution in [3.63, 3.8) is 0 Å². The van der Waals surface area contributed by atoms with Crippen molar-refractivity contribution in [3.05, 3.63) is 34.3 Å². The third-order valence-corrected chi connectivity index (χ3v) is 2.93. The summed E-state index contributed by atoms with van der Waals surface area (Å²) in [6.07, 6.45) is -4.81. The lowest BCUT2D eigenvalue weighted by Crippen LogP contribution is -2.13. The average molecular weight is 316 g/mol. The number of halogens is 5. The maximum absolute atomic E-state index is 12.6. The molecule has 0 aliphatic heterocycles. The van der Waals surface area contributed by atoms with Gasteiger partial charge in [0.25, 0.3) is 0 Å². The molecule has 0 spiro atoms. The fraction of sp³-hybridized carbons (Fsp3) is 0.300. The highest BCUT2D eigenvalue weighted by molar-refractivity contribution is 9.09. The minimum absolute atomic E-state index is 0.00944. The maximum Gasteiger partial charge on any atom is 0.416 e. The second kappa shape index (κ2) is 5.19. The zero-order chi connectivity index (χ0) is 12.3. The van der Waals surface area contributed by atoms with Gasteiger partial charge in [-0.15, -0.1) is 0 Å². The summed E-state index contributed by atoms with van der Waals surface area (Å²) in [5, 5.41) is -0.0284. The van der Waals surface area contributed by atoms with E-state index in [1.807, 2.05) is 0 Å². The van der Waals surface area contributed by atoms with Gasteiger partial charge in [-0.3, -0.25) is 4.79 Å². The van der Waals surface area contributed by atoms with Gasteiger partial charge in [0.05, 0.1) is 10.9 Å². The zero-order valence-electron chi connectivity index (χ0n) is 7.94. The molecule has 0 bridgehead atoms. The molecular weight excluding hydrogens is 308 g/mol. The van der Waals surface area contributed by atoms with E-state index >= 15 is 0 Å². The largest absolute Gasteiger partial charge is 0.416 e. The summed E-state index contributed by atoms with van der Waals surface area (Å²) in [5.74, 6) is -0.349. The van der Waals surface area contributed by atoms with Crippen LogP contribution in [-0.4, -0.2) is 11.1 Å². The highest BCUT2D eigenvalue weighted by Gasteiger charge is 2.34. The third kappa shape index (κ3) is 3.22. The van der Waals surface area contributed by atoms with E-state index in [4.69, 9.17) is 11.6 Å². The topological polar surface area (TPSA) is 17.1 Å². The molecule has 0 N–H and O–H groups in total. The fourth-order valence-corrected chi connectivity index (χ4v) is 1.69. The molecule has 0 fully saturated rings. The van der Waals surface area contributed by atoms with Crippen LogP contribution in [0.5, 0.6) is 0 Å². The van der Waals surface area contributed by atoms with Gasteiger partial charge in [0.1, 0.15) is 5.78 Å². The van der Waals surface area contributed by atoms with Crippen LogP contribution in [0.4, 0.5) is 13.2 Å². The molecule has 0 radical (unpaired) electrons. The third-order valence-electron chi connectivity index (χ3n) is 1.95. The Morgan fingerprint density at radius 2 is 2.00 bits per heavy atom. The highest BCUT2D eigenvalue weighted by Crippen LogP contribution is 2.35. The van der Waals surface area contributed by atoms with E-state index in [0.717, 1.165) is 6.07 Å². The summed E-state index contributed by atoms with van der Waals surface area (Å²) in [6.45, 7) is 0. The molecule has 1 aromatic carbocycles. The molecule has 0 saturated carbocycles. The first-order valence-electron chi connectivity index (χ1n) is 4.28. The lowest BCUT2D eigenvalue weighted by atomic mass is 10.0. The second-order valence-electron chi connectivity index (χ2n) is 3.11. The number of hydrogen-bond donors (Lipinski definition) is 0. The molecule has 6 heteroatoms. The Hall–Kier alpha value is -0.550. The molecule has 1 nitrogen and oxygen atoms in total. The van der Waals surface area contributed by atoms with Gasteiger partial charge in [-0.2, -0.15) is 13.2 Å². The van der Waals surface area contributed by atoms with Gasteiger partial charge in [-0.1, -0.05) is 33.6 Å². The lowest BCUT2D eigenvalue weighted by Gasteiger charge is -2.13. The Morgan fingerprint density at radius 1 is 1.38 bits per heavy atom. The molecule has 1 aromatic rings. The summed E-state index contributed by atoms with van der Waals surface area (Å²) < 4.78 is 37.8. The predicted octanol–water partition coefficient (Wildman–Crippen LogP) is 3.87. The van der Waals surface area contributed by atoms with Gasteiger partial charge in [0.15, 0.2) is 0 Å². The summed E-state index contributed by atoms with van der Waals surface area (Å²) in [5.41, 5.74) is -1.02. The summed E-state index contributed by atoms with van der Waals surface area (Å²) in [7, 11) is 0. The first-order chi connectivity index (χ1) is 7.36. The first-order valence-corrected chi connectivity index (χ1v) is 5.78. The van der Waals surface area contributed by atoms with Crippen molar-refractivity contribution < 1.29 is 18.0 Å². The van der Waals surface area contributed by atoms with Gasteiger partial charge < -0.3 is 0 Å². The van der Waals surface area contributed by atoms with Crippen LogP contribution in [0, 0.1) is 0 Å². The molecule has 0 unspecified atom stereocenters. The molecule has 0 aromatic heterocycles. The molecule has 0 aliphatic rings. The van der Waals surface area contributed by atoms with Crippen molar-refractivity contribution in [3.8, 4) is 0 Å². The van der Waals surface area contributed by atoms with Crippen LogP contribution in [0.1, 0.15) is 11.1 Å². The van der Waals surface area contributed by atoms with Gasteiger partial charge in [-0.05, 0) is 17.7 Å². The number of ketones is 1. The van der Waals surface area contributed by atoms with Crippen LogP contribution >= 0.6 is 27.5 Å². The Kier molecular flexibility index (Phi) is 4.38. The van der Waals surface area contributed by atoms with Crippen LogP contribution in [0.25, 0.3) is 0 Å². The van der Waals surface area contributed by atoms with E-state index in [9.17, 15) is 18.0 Å². The zero-order valence-corrected chi connectivity index (χ0v) is 10.3. The lowest BCUT2D eigenvalue weighted by molar-refractivity contribution is -0.138. The molecule has 0 aliphatic carbocycles. The summed E-state index contributed by atoms with van der Waals surface area (Å²) >= 11 is 8.57. The van der Waals surface area contributed by atoms with Crippen molar-refractivity contribution in [1.82, 2.24) is 0 Å². The van der Waals surface area contributed by atoms with Crippen LogP contribution < -0.4 is 0 Å². The number of carbonyl (C=O) groups excluding carboxylic acids is 1. The summed E-state index contributed by atoms with van der Waals surface area (Å²) in [4.78, 5) is 11.1. The Balaban J connectivity index is 3.19. The Labute approximate surface area is 104 Å². The maximum atomic E-state index is 12.6. The van der Waals surface area contributed by atoms with Crippen molar-refractivity contribution >= 4 is 33.3 Å². The smallest absolute Gasteiger partial charge is 0.298 e. The van der Waals surface area contributed by atoms with Crippen LogP contribution in [0.15, 0.2) is 18.2 Å². The first kappa shape index (κ1) is 13.5. The van der Waals surface area contributed by atoms with E-state index < -0.39 is 11.7 Å². The van der Waals surface area contributed by atoms with Crippen molar-refractivity contribution in [2.24, 2.45) is 0 Å². The van der Waals surface area contributed by atoms with E-state index in [0.29, 0.717) is 0 Å². The van der Waals surface area contributed by atoms with E-state index in [1.54, 1.807) is 0 Å². The number of rotatable bonds is 3. The number of carbonyl (C=O) groups is 1. The van der Waals surface area contributed by atoms with Gasteiger partial charge in [0, 0.05) is 11.4 Å². The van der Waals surface area contributed by atoms with E-state index in [1.165, 1.54) is 12.1 Å². The Morgan fingerprint density at radius 3 is 2.50 bits per heavy atom. The molecule has 1 rings (SSSR count). The van der Waals surface area contributed by atoms with Crippen molar-refractivity contribution in [1.29, 1.82) is 0 Å². The quantitative estimate of drug-likeness (QED) is 0.774. The van der Waals surface area contributed by atoms with Gasteiger partial charge >= 0.3 is 6.18 Å². The van der Waals surface area contributed by atoms with Crippen molar-refractivity contribution in [2.45, 2.75) is 12.6 Å². The van der Waals surface area contributed by atoms with Gasteiger partial charge in [0.2, 0.25) is 0 Å². The average Bonchev–Trinajstić information content (AvgIpc) is 2.19. The number of alkyl halides is 4. The normalized spacial score (nSPS) is 11.6. The molecule has 88 valence electrons. The molecule has 0 amide bonds. The predicted molar refractivity (Wildman–Crippen MR) is 59.0 cm³/mol. The van der Waals surface area contributed by atoms with Gasteiger partial charge in [-0.25, -0.2) is 0 Å². The van der Waals surface area contributed by atoms with E-state index in [-0.39, 0.29) is 28.1 Å². The second-order valence-corrected chi connectivity index (χ2v) is 4.08. The number of benzene rings is 1. The minimum Gasteiger partial charge on any atom is -0.298 e. The summed E-state index contributed by atoms with van der Waals surface area (Å²) in [6, 6.07) is 3.48. The standard InChI is InChI=1S/C10H7BrClF3O/c11-5-6(16)4-7-8(10(13,14)15)2-1-3-9(7)12/h1-3H,4-5H2. The molecule has 16 heavy (non-hydrogen) atoms. The highest BCUT2D eigenvalue weighted by atomic mass is 79.9.